The molecule has 4 nitrogen and oxygen atoms in total. The first-order valence-corrected chi connectivity index (χ1v) is 9.09. The van der Waals surface area contributed by atoms with E-state index < -0.39 is 0 Å². The normalized spacial score (nSPS) is 10.7. The van der Waals surface area contributed by atoms with Gasteiger partial charge in [-0.15, -0.1) is 0 Å². The van der Waals surface area contributed by atoms with Crippen LogP contribution in [-0.4, -0.2) is 15.7 Å². The van der Waals surface area contributed by atoms with Gasteiger partial charge in [0.2, 0.25) is 5.91 Å². The van der Waals surface area contributed by atoms with Crippen LogP contribution in [0.25, 0.3) is 0 Å². The molecular weight excluding hydrogens is 369 g/mol. The zero-order chi connectivity index (χ0) is 18.5. The third kappa shape index (κ3) is 4.87. The van der Waals surface area contributed by atoms with Crippen LogP contribution in [-0.2, 0) is 17.8 Å². The van der Waals surface area contributed by atoms with Crippen molar-refractivity contribution in [1.82, 2.24) is 9.78 Å². The lowest BCUT2D eigenvalue weighted by Crippen LogP contribution is -2.13. The quantitative estimate of drug-likeness (QED) is 0.637. The van der Waals surface area contributed by atoms with E-state index in [1.54, 1.807) is 6.07 Å². The molecule has 1 N–H and O–H groups in total. The number of nitrogens with zero attached hydrogens (tertiary/aromatic N) is 2. The number of benzene rings is 2. The number of aryl methyl sites for hydroxylation is 2. The second-order valence-corrected chi connectivity index (χ2v) is 6.93. The number of carbonyl (C=O) groups excluding carboxylic acids is 1. The molecule has 3 rings (SSSR count). The first-order valence-electron chi connectivity index (χ1n) is 8.33. The molecule has 0 aliphatic rings. The molecule has 0 radical (unpaired) electrons. The van der Waals surface area contributed by atoms with Crippen LogP contribution in [0.2, 0.25) is 10.0 Å². The summed E-state index contributed by atoms with van der Waals surface area (Å²) in [7, 11) is 0. The molecule has 1 heterocycles. The van der Waals surface area contributed by atoms with Gasteiger partial charge in [-0.25, -0.2) is 0 Å². The molecule has 0 bridgehead atoms. The van der Waals surface area contributed by atoms with Crippen molar-refractivity contribution in [2.45, 2.75) is 26.3 Å². The number of carbonyl (C=O) groups is 1. The largest absolute Gasteiger partial charge is 0.309 e. The van der Waals surface area contributed by atoms with Gasteiger partial charge in [-0.3, -0.25) is 9.48 Å². The van der Waals surface area contributed by atoms with Crippen LogP contribution in [0.1, 0.15) is 23.2 Å². The fraction of sp³-hybridized carbons (Fsp3) is 0.200. The predicted molar refractivity (Wildman–Crippen MR) is 106 cm³/mol. The molecule has 0 unspecified atom stereocenters. The van der Waals surface area contributed by atoms with Crippen molar-refractivity contribution in [2.75, 3.05) is 5.32 Å². The summed E-state index contributed by atoms with van der Waals surface area (Å²) in [5.74, 6) is 0.508. The number of aromatic nitrogens is 2. The van der Waals surface area contributed by atoms with Gasteiger partial charge in [0.05, 0.1) is 16.6 Å². The van der Waals surface area contributed by atoms with E-state index in [4.69, 9.17) is 23.2 Å². The van der Waals surface area contributed by atoms with E-state index in [1.165, 1.54) is 0 Å². The summed E-state index contributed by atoms with van der Waals surface area (Å²) < 4.78 is 1.83. The molecule has 2 aromatic carbocycles. The van der Waals surface area contributed by atoms with Crippen molar-refractivity contribution in [2.24, 2.45) is 0 Å². The summed E-state index contributed by atoms with van der Waals surface area (Å²) in [6.45, 7) is 2.51. The summed E-state index contributed by atoms with van der Waals surface area (Å²) in [6.07, 6.45) is 1.12. The van der Waals surface area contributed by atoms with E-state index >= 15 is 0 Å². The lowest BCUT2D eigenvalue weighted by atomic mass is 10.1. The highest BCUT2D eigenvalue weighted by atomic mass is 35.5. The molecule has 0 spiro atoms. The van der Waals surface area contributed by atoms with Gasteiger partial charge in [0.1, 0.15) is 0 Å². The van der Waals surface area contributed by atoms with Gasteiger partial charge in [0.15, 0.2) is 5.82 Å². The van der Waals surface area contributed by atoms with Gasteiger partial charge in [-0.05, 0) is 36.6 Å². The average molecular weight is 388 g/mol. The zero-order valence-electron chi connectivity index (χ0n) is 14.4. The molecular formula is C20H19Cl2N3O. The van der Waals surface area contributed by atoms with Crippen molar-refractivity contribution in [3.63, 3.8) is 0 Å². The molecule has 0 saturated carbocycles. The number of rotatable bonds is 6. The summed E-state index contributed by atoms with van der Waals surface area (Å²) in [4.78, 5) is 12.2. The SMILES string of the molecule is Cc1cc(NC(=O)CCc2ccccc2)nn1Cc1ccc(Cl)c(Cl)c1. The Balaban J connectivity index is 1.60. The van der Waals surface area contributed by atoms with Crippen molar-refractivity contribution in [1.29, 1.82) is 0 Å². The Kier molecular flexibility index (Phi) is 5.96. The maximum absolute atomic E-state index is 12.2. The van der Waals surface area contributed by atoms with E-state index in [-0.39, 0.29) is 5.91 Å². The summed E-state index contributed by atoms with van der Waals surface area (Å²) in [6, 6.07) is 17.3. The number of amides is 1. The number of hydrogen-bond acceptors (Lipinski definition) is 2. The minimum atomic E-state index is -0.0481. The van der Waals surface area contributed by atoms with Crippen molar-refractivity contribution >= 4 is 34.9 Å². The first-order chi connectivity index (χ1) is 12.5. The lowest BCUT2D eigenvalue weighted by molar-refractivity contribution is -0.116. The highest BCUT2D eigenvalue weighted by molar-refractivity contribution is 6.42. The molecule has 0 saturated heterocycles. The second kappa shape index (κ2) is 8.39. The van der Waals surface area contributed by atoms with Gasteiger partial charge in [-0.2, -0.15) is 5.10 Å². The van der Waals surface area contributed by atoms with E-state index in [9.17, 15) is 4.79 Å². The minimum absolute atomic E-state index is 0.0481. The highest BCUT2D eigenvalue weighted by Crippen LogP contribution is 2.23. The van der Waals surface area contributed by atoms with E-state index in [0.717, 1.165) is 16.8 Å². The Hall–Kier alpha value is -2.30. The molecule has 0 aliphatic carbocycles. The molecule has 134 valence electrons. The number of nitrogens with one attached hydrogen (secondary N) is 1. The van der Waals surface area contributed by atoms with Crippen LogP contribution in [0, 0.1) is 6.92 Å². The monoisotopic (exact) mass is 387 g/mol. The Morgan fingerprint density at radius 1 is 1.04 bits per heavy atom. The second-order valence-electron chi connectivity index (χ2n) is 6.11. The molecule has 1 aromatic heterocycles. The Morgan fingerprint density at radius 2 is 1.81 bits per heavy atom. The fourth-order valence-electron chi connectivity index (χ4n) is 2.65. The van der Waals surface area contributed by atoms with Gasteiger partial charge >= 0.3 is 0 Å². The van der Waals surface area contributed by atoms with Crippen LogP contribution in [0.4, 0.5) is 5.82 Å². The fourth-order valence-corrected chi connectivity index (χ4v) is 2.97. The van der Waals surface area contributed by atoms with Crippen molar-refractivity contribution in [3.8, 4) is 0 Å². The molecule has 0 aliphatic heterocycles. The topological polar surface area (TPSA) is 46.9 Å². The number of halogens is 2. The standard InChI is InChI=1S/C20H19Cl2N3O/c1-14-11-19(23-20(26)10-8-15-5-3-2-4-6-15)24-25(14)13-16-7-9-17(21)18(22)12-16/h2-7,9,11-12H,8,10,13H2,1H3,(H,23,24,26). The molecule has 0 fully saturated rings. The zero-order valence-corrected chi connectivity index (χ0v) is 15.9. The maximum Gasteiger partial charge on any atom is 0.225 e. The Morgan fingerprint density at radius 3 is 2.54 bits per heavy atom. The highest BCUT2D eigenvalue weighted by Gasteiger charge is 2.09. The third-order valence-electron chi connectivity index (χ3n) is 4.05. The van der Waals surface area contributed by atoms with E-state index in [0.29, 0.717) is 35.2 Å². The van der Waals surface area contributed by atoms with Crippen LogP contribution in [0.3, 0.4) is 0 Å². The molecule has 6 heteroatoms. The third-order valence-corrected chi connectivity index (χ3v) is 4.79. The smallest absolute Gasteiger partial charge is 0.225 e. The van der Waals surface area contributed by atoms with Crippen LogP contribution in [0.5, 0.6) is 0 Å². The Bertz CT molecular complexity index is 907. The summed E-state index contributed by atoms with van der Waals surface area (Å²) in [5, 5.41) is 8.37. The van der Waals surface area contributed by atoms with Crippen LogP contribution >= 0.6 is 23.2 Å². The molecule has 26 heavy (non-hydrogen) atoms. The summed E-state index contributed by atoms with van der Waals surface area (Å²) >= 11 is 12.0. The predicted octanol–water partition coefficient (Wildman–Crippen LogP) is 5.12. The van der Waals surface area contributed by atoms with Crippen molar-refractivity contribution in [3.05, 3.63) is 81.5 Å². The van der Waals surface area contributed by atoms with Gasteiger partial charge in [0, 0.05) is 18.2 Å². The van der Waals surface area contributed by atoms with Gasteiger partial charge in [-0.1, -0.05) is 59.6 Å². The van der Waals surface area contributed by atoms with Gasteiger partial charge < -0.3 is 5.32 Å². The van der Waals surface area contributed by atoms with Crippen LogP contribution in [0.15, 0.2) is 54.6 Å². The molecule has 1 amide bonds. The number of hydrogen-bond donors (Lipinski definition) is 1. The Labute approximate surface area is 162 Å². The van der Waals surface area contributed by atoms with E-state index in [1.807, 2.05) is 60.1 Å². The lowest BCUT2D eigenvalue weighted by Gasteiger charge is -2.06. The van der Waals surface area contributed by atoms with E-state index in [2.05, 4.69) is 10.4 Å². The molecule has 0 atom stereocenters. The average Bonchev–Trinajstić information content (AvgIpc) is 2.96. The van der Waals surface area contributed by atoms with Crippen molar-refractivity contribution < 1.29 is 4.79 Å². The van der Waals surface area contributed by atoms with Gasteiger partial charge in [0.25, 0.3) is 0 Å². The number of anilines is 1. The molecule has 3 aromatic rings. The minimum Gasteiger partial charge on any atom is -0.309 e. The first kappa shape index (κ1) is 18.5. The summed E-state index contributed by atoms with van der Waals surface area (Å²) in [5.41, 5.74) is 3.09. The maximum atomic E-state index is 12.2. The van der Waals surface area contributed by atoms with Crippen LogP contribution < -0.4 is 5.32 Å².